The van der Waals surface area contributed by atoms with Gasteiger partial charge in [-0.2, -0.15) is 0 Å². The minimum Gasteiger partial charge on any atom is -0.480 e. The summed E-state index contributed by atoms with van der Waals surface area (Å²) in [5, 5.41) is 17.2. The molecule has 33 heavy (non-hydrogen) atoms. The summed E-state index contributed by atoms with van der Waals surface area (Å²) in [5.74, 6) is -2.89. The lowest BCUT2D eigenvalue weighted by Crippen LogP contribution is -2.58. The Balaban J connectivity index is 2.77. The molecule has 9 heteroatoms. The molecule has 1 rings (SSSR count). The second-order valence-electron chi connectivity index (χ2n) is 8.93. The van der Waals surface area contributed by atoms with Gasteiger partial charge < -0.3 is 26.8 Å². The van der Waals surface area contributed by atoms with Crippen LogP contribution in [-0.4, -0.2) is 53.0 Å². The zero-order valence-corrected chi connectivity index (χ0v) is 20.1. The fourth-order valence-corrected chi connectivity index (χ4v) is 3.28. The van der Waals surface area contributed by atoms with Crippen LogP contribution in [0.5, 0.6) is 0 Å². The van der Waals surface area contributed by atoms with Crippen LogP contribution >= 0.6 is 0 Å². The van der Waals surface area contributed by atoms with Crippen LogP contribution in [0, 0.1) is 11.8 Å². The van der Waals surface area contributed by atoms with Crippen LogP contribution in [0.4, 0.5) is 0 Å². The van der Waals surface area contributed by atoms with Gasteiger partial charge in [0.25, 0.3) is 0 Å². The van der Waals surface area contributed by atoms with E-state index in [9.17, 15) is 24.3 Å². The van der Waals surface area contributed by atoms with E-state index in [0.29, 0.717) is 12.8 Å². The Bertz CT molecular complexity index is 799. The first-order valence-corrected chi connectivity index (χ1v) is 11.4. The molecule has 0 radical (unpaired) electrons. The summed E-state index contributed by atoms with van der Waals surface area (Å²) in [6.07, 6.45) is 1.18. The van der Waals surface area contributed by atoms with Crippen molar-refractivity contribution in [3.05, 3.63) is 35.9 Å². The first kappa shape index (κ1) is 28.1. The van der Waals surface area contributed by atoms with Crippen molar-refractivity contribution in [2.24, 2.45) is 17.6 Å². The predicted molar refractivity (Wildman–Crippen MR) is 126 cm³/mol. The second-order valence-corrected chi connectivity index (χ2v) is 8.93. The van der Waals surface area contributed by atoms with Crippen molar-refractivity contribution in [3.8, 4) is 0 Å². The van der Waals surface area contributed by atoms with E-state index in [1.54, 1.807) is 6.92 Å². The molecular weight excluding hydrogens is 424 g/mol. The lowest BCUT2D eigenvalue weighted by Gasteiger charge is -2.27. The summed E-state index contributed by atoms with van der Waals surface area (Å²) in [7, 11) is 0. The van der Waals surface area contributed by atoms with Gasteiger partial charge in [0.1, 0.15) is 18.1 Å². The van der Waals surface area contributed by atoms with E-state index in [-0.39, 0.29) is 18.3 Å². The lowest BCUT2D eigenvalue weighted by atomic mass is 9.96. The van der Waals surface area contributed by atoms with E-state index in [4.69, 9.17) is 5.73 Å². The fraction of sp³-hybridized carbons (Fsp3) is 0.583. The number of aliphatic carboxylic acids is 1. The molecule has 184 valence electrons. The maximum absolute atomic E-state index is 12.8. The van der Waals surface area contributed by atoms with Gasteiger partial charge in [-0.15, -0.1) is 0 Å². The number of carboxylic acids is 1. The zero-order chi connectivity index (χ0) is 25.1. The van der Waals surface area contributed by atoms with Crippen molar-refractivity contribution in [2.45, 2.75) is 78.0 Å². The molecule has 0 aliphatic heterocycles. The summed E-state index contributed by atoms with van der Waals surface area (Å²) in [6.45, 7) is 8.90. The van der Waals surface area contributed by atoms with E-state index < -0.39 is 47.9 Å². The van der Waals surface area contributed by atoms with Crippen LogP contribution < -0.4 is 21.7 Å². The number of hydrogen-bond donors (Lipinski definition) is 5. The van der Waals surface area contributed by atoms with Crippen LogP contribution in [0.15, 0.2) is 30.3 Å². The molecule has 0 spiro atoms. The lowest BCUT2D eigenvalue weighted by molar-refractivity contribution is -0.143. The Morgan fingerprint density at radius 1 is 0.909 bits per heavy atom. The van der Waals surface area contributed by atoms with Gasteiger partial charge >= 0.3 is 5.97 Å². The van der Waals surface area contributed by atoms with Gasteiger partial charge in [0.2, 0.25) is 17.7 Å². The number of nitrogens with one attached hydrogen (secondary N) is 3. The number of carbonyl (C=O) groups is 4. The van der Waals surface area contributed by atoms with Crippen molar-refractivity contribution in [3.63, 3.8) is 0 Å². The van der Waals surface area contributed by atoms with Crippen LogP contribution in [0.2, 0.25) is 0 Å². The summed E-state index contributed by atoms with van der Waals surface area (Å²) < 4.78 is 0. The Morgan fingerprint density at radius 3 is 2.03 bits per heavy atom. The largest absolute Gasteiger partial charge is 0.480 e. The normalized spacial score (nSPS) is 15.6. The first-order chi connectivity index (χ1) is 15.5. The Hall–Kier alpha value is -2.94. The highest BCUT2D eigenvalue weighted by molar-refractivity contribution is 5.94. The van der Waals surface area contributed by atoms with Crippen molar-refractivity contribution in [1.82, 2.24) is 16.0 Å². The van der Waals surface area contributed by atoms with Crippen LogP contribution in [0.25, 0.3) is 0 Å². The highest BCUT2D eigenvalue weighted by Gasteiger charge is 2.31. The van der Waals surface area contributed by atoms with Crippen LogP contribution in [0.1, 0.15) is 53.0 Å². The molecule has 0 bridgehead atoms. The number of amides is 3. The van der Waals surface area contributed by atoms with Gasteiger partial charge in [-0.1, -0.05) is 64.4 Å². The third kappa shape index (κ3) is 9.61. The van der Waals surface area contributed by atoms with Gasteiger partial charge in [0, 0.05) is 0 Å². The van der Waals surface area contributed by atoms with Gasteiger partial charge in [-0.25, -0.2) is 4.79 Å². The average molecular weight is 463 g/mol. The third-order valence-electron chi connectivity index (χ3n) is 5.50. The highest BCUT2D eigenvalue weighted by atomic mass is 16.4. The maximum Gasteiger partial charge on any atom is 0.326 e. The predicted octanol–water partition coefficient (Wildman–Crippen LogP) is 1.21. The number of benzene rings is 1. The Morgan fingerprint density at radius 2 is 1.52 bits per heavy atom. The Labute approximate surface area is 195 Å². The minimum absolute atomic E-state index is 0.0679. The molecule has 0 saturated carbocycles. The van der Waals surface area contributed by atoms with Crippen LogP contribution in [-0.2, 0) is 25.6 Å². The SMILES string of the molecule is CCC(C)C(NC(=O)C(C)NC(=O)C(N)Cc1ccccc1)C(=O)NC(CC(C)C)C(=O)O. The molecule has 0 saturated heterocycles. The Kier molecular flexibility index (Phi) is 11.6. The molecule has 5 atom stereocenters. The summed E-state index contributed by atoms with van der Waals surface area (Å²) >= 11 is 0. The standard InChI is InChI=1S/C24H38N4O5/c1-6-15(4)20(23(31)27-19(24(32)33)12-14(2)3)28-21(29)16(5)26-22(30)18(25)13-17-10-8-7-9-11-17/h7-11,14-16,18-20H,6,12-13,25H2,1-5H3,(H,26,30)(H,27,31)(H,28,29)(H,32,33). The van der Waals surface area contributed by atoms with Crippen molar-refractivity contribution >= 4 is 23.7 Å². The molecule has 0 heterocycles. The molecular formula is C24H38N4O5. The molecule has 9 nitrogen and oxygen atoms in total. The monoisotopic (exact) mass is 462 g/mol. The molecule has 0 aliphatic rings. The quantitative estimate of drug-likeness (QED) is 0.297. The second kappa shape index (κ2) is 13.6. The van der Waals surface area contributed by atoms with E-state index in [1.807, 2.05) is 51.1 Å². The molecule has 1 aromatic rings. The molecule has 1 aromatic carbocycles. The van der Waals surface area contributed by atoms with Gasteiger partial charge in [0.05, 0.1) is 6.04 Å². The van der Waals surface area contributed by atoms with Crippen molar-refractivity contribution in [1.29, 1.82) is 0 Å². The van der Waals surface area contributed by atoms with E-state index in [1.165, 1.54) is 6.92 Å². The first-order valence-electron chi connectivity index (χ1n) is 11.4. The van der Waals surface area contributed by atoms with Gasteiger partial charge in [-0.05, 0) is 37.2 Å². The topological polar surface area (TPSA) is 151 Å². The van der Waals surface area contributed by atoms with Crippen LogP contribution in [0.3, 0.4) is 0 Å². The van der Waals surface area contributed by atoms with E-state index >= 15 is 0 Å². The summed E-state index contributed by atoms with van der Waals surface area (Å²) in [6, 6.07) is 5.56. The van der Waals surface area contributed by atoms with E-state index in [2.05, 4.69) is 16.0 Å². The van der Waals surface area contributed by atoms with Gasteiger partial charge in [0.15, 0.2) is 0 Å². The molecule has 0 fully saturated rings. The summed E-state index contributed by atoms with van der Waals surface area (Å²) in [4.78, 5) is 49.5. The average Bonchev–Trinajstić information content (AvgIpc) is 2.76. The number of hydrogen-bond acceptors (Lipinski definition) is 5. The molecule has 6 N–H and O–H groups in total. The molecule has 0 aromatic heterocycles. The summed E-state index contributed by atoms with van der Waals surface area (Å²) in [5.41, 5.74) is 6.88. The van der Waals surface area contributed by atoms with Gasteiger partial charge in [-0.3, -0.25) is 14.4 Å². The number of carboxylic acid groups (broad SMARTS) is 1. The fourth-order valence-electron chi connectivity index (χ4n) is 3.28. The smallest absolute Gasteiger partial charge is 0.326 e. The number of nitrogens with two attached hydrogens (primary N) is 1. The van der Waals surface area contributed by atoms with E-state index in [0.717, 1.165) is 5.56 Å². The number of carbonyl (C=O) groups excluding carboxylic acids is 3. The number of rotatable bonds is 13. The molecule has 3 amide bonds. The highest BCUT2D eigenvalue weighted by Crippen LogP contribution is 2.11. The maximum atomic E-state index is 12.8. The zero-order valence-electron chi connectivity index (χ0n) is 20.1. The molecule has 0 aliphatic carbocycles. The van der Waals surface area contributed by atoms with Crippen molar-refractivity contribution < 1.29 is 24.3 Å². The third-order valence-corrected chi connectivity index (χ3v) is 5.50. The molecule has 5 unspecified atom stereocenters. The minimum atomic E-state index is -1.13. The van der Waals surface area contributed by atoms with Crippen molar-refractivity contribution in [2.75, 3.05) is 0 Å².